The Labute approximate surface area is 122 Å². The van der Waals surface area contributed by atoms with Gasteiger partial charge in [-0.15, -0.1) is 0 Å². The van der Waals surface area contributed by atoms with Crippen molar-refractivity contribution in [1.29, 1.82) is 0 Å². The minimum atomic E-state index is -0.837. The van der Waals surface area contributed by atoms with Crippen LogP contribution < -0.4 is 5.73 Å². The minimum absolute atomic E-state index is 0.343. The molecular weight excluding hydrogens is 264 g/mol. The third-order valence-corrected chi connectivity index (χ3v) is 3.45. The fraction of sp³-hybridized carbons (Fsp3) is 0.125. The monoisotopic (exact) mass is 280 g/mol. The summed E-state index contributed by atoms with van der Waals surface area (Å²) in [6, 6.07) is 11.6. The number of rotatable bonds is 3. The predicted octanol–water partition coefficient (Wildman–Crippen LogP) is 2.24. The van der Waals surface area contributed by atoms with Crippen LogP contribution in [0.5, 0.6) is 0 Å². The first kappa shape index (κ1) is 13.3. The summed E-state index contributed by atoms with van der Waals surface area (Å²) in [6.45, 7) is 1.90. The van der Waals surface area contributed by atoms with E-state index in [1.165, 1.54) is 0 Å². The molecule has 1 unspecified atom stereocenters. The molecular formula is C16H16N4O. The molecule has 0 radical (unpaired) electrons. The van der Waals surface area contributed by atoms with E-state index in [1.807, 2.05) is 43.3 Å². The van der Waals surface area contributed by atoms with Crippen LogP contribution in [0.1, 0.15) is 22.8 Å². The van der Waals surface area contributed by atoms with Crippen molar-refractivity contribution in [3.05, 3.63) is 71.7 Å². The Bertz CT molecular complexity index is 732. The minimum Gasteiger partial charge on any atom is -0.383 e. The van der Waals surface area contributed by atoms with Crippen LogP contribution >= 0.6 is 0 Å². The molecule has 0 aliphatic rings. The zero-order valence-corrected chi connectivity index (χ0v) is 11.6. The quantitative estimate of drug-likeness (QED) is 0.771. The molecule has 0 saturated carbocycles. The van der Waals surface area contributed by atoms with Gasteiger partial charge in [0.2, 0.25) is 0 Å². The van der Waals surface area contributed by atoms with Crippen LogP contribution in [-0.4, -0.2) is 19.9 Å². The highest BCUT2D eigenvalue weighted by Crippen LogP contribution is 2.28. The Hall–Kier alpha value is -2.66. The molecule has 5 nitrogen and oxygen atoms in total. The van der Waals surface area contributed by atoms with E-state index >= 15 is 0 Å². The van der Waals surface area contributed by atoms with E-state index in [2.05, 4.69) is 10.1 Å². The summed E-state index contributed by atoms with van der Waals surface area (Å²) in [6.07, 6.45) is 4.24. The smallest absolute Gasteiger partial charge is 0.129 e. The summed E-state index contributed by atoms with van der Waals surface area (Å²) in [5, 5.41) is 14.8. The van der Waals surface area contributed by atoms with Gasteiger partial charge in [-0.05, 0) is 30.7 Å². The number of anilines is 1. The first-order valence-corrected chi connectivity index (χ1v) is 6.66. The molecule has 5 heteroatoms. The maximum atomic E-state index is 10.5. The van der Waals surface area contributed by atoms with E-state index in [4.69, 9.17) is 5.73 Å². The number of nitrogens with two attached hydrogens (primary N) is 1. The number of nitrogen functional groups attached to an aromatic ring is 1. The van der Waals surface area contributed by atoms with Crippen LogP contribution in [0.3, 0.4) is 0 Å². The lowest BCUT2D eigenvalue weighted by molar-refractivity contribution is 0.220. The van der Waals surface area contributed by atoms with Gasteiger partial charge in [-0.25, -0.2) is 9.67 Å². The molecule has 0 saturated heterocycles. The number of hydrogen-bond acceptors (Lipinski definition) is 4. The molecule has 2 heterocycles. The van der Waals surface area contributed by atoms with Crippen molar-refractivity contribution in [2.45, 2.75) is 13.0 Å². The topological polar surface area (TPSA) is 77.0 Å². The third-order valence-electron chi connectivity index (χ3n) is 3.45. The Morgan fingerprint density at radius 1 is 1.19 bits per heavy atom. The summed E-state index contributed by atoms with van der Waals surface area (Å²) in [4.78, 5) is 4.04. The fourth-order valence-corrected chi connectivity index (χ4v) is 2.31. The summed E-state index contributed by atoms with van der Waals surface area (Å²) >= 11 is 0. The summed E-state index contributed by atoms with van der Waals surface area (Å²) < 4.78 is 1.72. The van der Waals surface area contributed by atoms with Gasteiger partial charge in [0.05, 0.1) is 11.9 Å². The first-order valence-electron chi connectivity index (χ1n) is 6.66. The molecule has 0 aliphatic heterocycles. The van der Waals surface area contributed by atoms with Gasteiger partial charge in [0.25, 0.3) is 0 Å². The number of aliphatic hydroxyl groups excluding tert-OH is 1. The van der Waals surface area contributed by atoms with E-state index in [-0.39, 0.29) is 0 Å². The average molecular weight is 280 g/mol. The van der Waals surface area contributed by atoms with Crippen LogP contribution in [0.25, 0.3) is 5.69 Å². The molecule has 0 spiro atoms. The molecule has 0 aliphatic carbocycles. The Kier molecular flexibility index (Phi) is 3.41. The predicted molar refractivity (Wildman–Crippen MR) is 81.0 cm³/mol. The van der Waals surface area contributed by atoms with Crippen molar-refractivity contribution in [3.63, 3.8) is 0 Å². The third kappa shape index (κ3) is 2.51. The van der Waals surface area contributed by atoms with Crippen LogP contribution in [0.15, 0.2) is 55.0 Å². The highest BCUT2D eigenvalue weighted by Gasteiger charge is 2.18. The van der Waals surface area contributed by atoms with Crippen molar-refractivity contribution in [1.82, 2.24) is 14.8 Å². The Balaban J connectivity index is 1.97. The number of nitrogens with zero attached hydrogens (tertiary/aromatic N) is 3. The number of aliphatic hydroxyl groups is 1. The SMILES string of the molecule is Cc1ccnc(N)c1C(O)c1cnn(-c2ccccc2)c1. The van der Waals surface area contributed by atoms with Gasteiger partial charge in [0.15, 0.2) is 0 Å². The summed E-state index contributed by atoms with van der Waals surface area (Å²) in [5.41, 5.74) is 9.03. The van der Waals surface area contributed by atoms with Crippen molar-refractivity contribution >= 4 is 5.82 Å². The molecule has 0 amide bonds. The summed E-state index contributed by atoms with van der Waals surface area (Å²) in [5.74, 6) is 0.343. The van der Waals surface area contributed by atoms with E-state index in [9.17, 15) is 5.11 Å². The maximum Gasteiger partial charge on any atom is 0.129 e. The maximum absolute atomic E-state index is 10.5. The van der Waals surface area contributed by atoms with Crippen LogP contribution in [0, 0.1) is 6.92 Å². The molecule has 0 fully saturated rings. The highest BCUT2D eigenvalue weighted by atomic mass is 16.3. The van der Waals surface area contributed by atoms with Crippen molar-refractivity contribution in [2.75, 3.05) is 5.73 Å². The molecule has 3 rings (SSSR count). The van der Waals surface area contributed by atoms with Crippen molar-refractivity contribution in [2.24, 2.45) is 0 Å². The zero-order valence-electron chi connectivity index (χ0n) is 11.6. The fourth-order valence-electron chi connectivity index (χ4n) is 2.31. The van der Waals surface area contributed by atoms with E-state index < -0.39 is 6.10 Å². The number of benzene rings is 1. The molecule has 1 aromatic carbocycles. The van der Waals surface area contributed by atoms with Gasteiger partial charge in [-0.3, -0.25) is 0 Å². The van der Waals surface area contributed by atoms with Crippen LogP contribution in [0.4, 0.5) is 5.82 Å². The van der Waals surface area contributed by atoms with E-state index in [0.717, 1.165) is 11.3 Å². The summed E-state index contributed by atoms with van der Waals surface area (Å²) in [7, 11) is 0. The standard InChI is InChI=1S/C16H16N4O/c1-11-7-8-18-16(17)14(11)15(21)12-9-19-20(10-12)13-5-3-2-4-6-13/h2-10,15,21H,1H3,(H2,17,18). The molecule has 21 heavy (non-hydrogen) atoms. The van der Waals surface area contributed by atoms with E-state index in [1.54, 1.807) is 23.3 Å². The van der Waals surface area contributed by atoms with Gasteiger partial charge in [-0.1, -0.05) is 18.2 Å². The normalized spacial score (nSPS) is 12.3. The highest BCUT2D eigenvalue weighted by molar-refractivity contribution is 5.48. The lowest BCUT2D eigenvalue weighted by Crippen LogP contribution is -2.07. The van der Waals surface area contributed by atoms with Crippen LogP contribution in [-0.2, 0) is 0 Å². The lowest BCUT2D eigenvalue weighted by atomic mass is 10.0. The Morgan fingerprint density at radius 2 is 1.95 bits per heavy atom. The van der Waals surface area contributed by atoms with Crippen LogP contribution in [0.2, 0.25) is 0 Å². The molecule has 3 N–H and O–H groups in total. The van der Waals surface area contributed by atoms with E-state index in [0.29, 0.717) is 16.9 Å². The first-order chi connectivity index (χ1) is 10.2. The van der Waals surface area contributed by atoms with Gasteiger partial charge in [-0.2, -0.15) is 5.10 Å². The lowest BCUT2D eigenvalue weighted by Gasteiger charge is -2.13. The molecule has 106 valence electrons. The second kappa shape index (κ2) is 5.38. The van der Waals surface area contributed by atoms with Gasteiger partial charge < -0.3 is 10.8 Å². The number of aromatic nitrogens is 3. The van der Waals surface area contributed by atoms with Gasteiger partial charge >= 0.3 is 0 Å². The second-order valence-corrected chi connectivity index (χ2v) is 4.88. The molecule has 0 bridgehead atoms. The molecule has 2 aromatic heterocycles. The van der Waals surface area contributed by atoms with Gasteiger partial charge in [0, 0.05) is 23.5 Å². The van der Waals surface area contributed by atoms with Crippen molar-refractivity contribution < 1.29 is 5.11 Å². The second-order valence-electron chi connectivity index (χ2n) is 4.88. The molecule has 3 aromatic rings. The number of hydrogen-bond donors (Lipinski definition) is 2. The average Bonchev–Trinajstić information content (AvgIpc) is 2.97. The number of aryl methyl sites for hydroxylation is 1. The Morgan fingerprint density at radius 3 is 2.67 bits per heavy atom. The number of para-hydroxylation sites is 1. The largest absolute Gasteiger partial charge is 0.383 e. The van der Waals surface area contributed by atoms with Crippen molar-refractivity contribution in [3.8, 4) is 5.69 Å². The number of pyridine rings is 1. The van der Waals surface area contributed by atoms with Gasteiger partial charge in [0.1, 0.15) is 11.9 Å². The zero-order chi connectivity index (χ0) is 14.8. The molecule has 1 atom stereocenters.